The molecule has 0 saturated heterocycles. The van der Waals surface area contributed by atoms with E-state index in [9.17, 15) is 0 Å². The van der Waals surface area contributed by atoms with Crippen LogP contribution >= 0.6 is 0 Å². The Kier molecular flexibility index (Phi) is 4.19. The van der Waals surface area contributed by atoms with Gasteiger partial charge in [-0.1, -0.05) is 26.7 Å². The predicted molar refractivity (Wildman–Crippen MR) is 73.2 cm³/mol. The molecule has 2 unspecified atom stereocenters. The molecular weight excluding hydrogens is 222 g/mol. The Bertz CT molecular complexity index is 416. The Morgan fingerprint density at radius 2 is 2.11 bits per heavy atom. The lowest BCUT2D eigenvalue weighted by molar-refractivity contribution is 0.254. The lowest BCUT2D eigenvalue weighted by Crippen LogP contribution is -2.35. The van der Waals surface area contributed by atoms with Gasteiger partial charge in [-0.25, -0.2) is 4.98 Å². The molecule has 2 atom stereocenters. The average molecular weight is 243 g/mol. The summed E-state index contributed by atoms with van der Waals surface area (Å²) in [5, 5.41) is 12.3. The first-order chi connectivity index (χ1) is 8.70. The van der Waals surface area contributed by atoms with E-state index in [0.717, 1.165) is 11.6 Å². The summed E-state index contributed by atoms with van der Waals surface area (Å²) in [6, 6.07) is 6.32. The van der Waals surface area contributed by atoms with Gasteiger partial charge in [0.25, 0.3) is 0 Å². The topological polar surface area (TPSA) is 48.7 Å². The molecule has 0 amide bonds. The van der Waals surface area contributed by atoms with Crippen LogP contribution in [0.1, 0.15) is 45.2 Å². The molecule has 3 heteroatoms. The molecule has 1 aromatic heterocycles. The number of anilines is 1. The summed E-state index contributed by atoms with van der Waals surface area (Å²) in [7, 11) is 0. The Balaban J connectivity index is 2.04. The third kappa shape index (κ3) is 3.01. The molecular formula is C15H21N3. The molecule has 1 heterocycles. The molecule has 96 valence electrons. The van der Waals surface area contributed by atoms with Crippen LogP contribution in [-0.2, 0) is 0 Å². The maximum Gasteiger partial charge on any atom is 0.140 e. The van der Waals surface area contributed by atoms with Crippen LogP contribution in [0.4, 0.5) is 5.69 Å². The summed E-state index contributed by atoms with van der Waals surface area (Å²) in [6.45, 7) is 4.61. The van der Waals surface area contributed by atoms with Crippen molar-refractivity contribution >= 4 is 5.69 Å². The molecule has 0 bridgehead atoms. The smallest absolute Gasteiger partial charge is 0.140 e. The minimum Gasteiger partial charge on any atom is -0.381 e. The summed E-state index contributed by atoms with van der Waals surface area (Å²) < 4.78 is 0. The Morgan fingerprint density at radius 3 is 2.72 bits per heavy atom. The Morgan fingerprint density at radius 1 is 1.33 bits per heavy atom. The van der Waals surface area contributed by atoms with Crippen LogP contribution in [0.2, 0.25) is 0 Å². The van der Waals surface area contributed by atoms with Gasteiger partial charge >= 0.3 is 0 Å². The highest BCUT2D eigenvalue weighted by molar-refractivity contribution is 5.43. The molecule has 2 rings (SSSR count). The maximum absolute atomic E-state index is 8.73. The van der Waals surface area contributed by atoms with E-state index in [2.05, 4.69) is 24.1 Å². The van der Waals surface area contributed by atoms with Gasteiger partial charge in [-0.15, -0.1) is 0 Å². The van der Waals surface area contributed by atoms with E-state index in [1.807, 2.05) is 12.1 Å². The van der Waals surface area contributed by atoms with E-state index in [4.69, 9.17) is 5.26 Å². The first-order valence-corrected chi connectivity index (χ1v) is 6.83. The number of aromatic nitrogens is 1. The minimum absolute atomic E-state index is 0.476. The molecule has 1 aliphatic carbocycles. The van der Waals surface area contributed by atoms with Crippen molar-refractivity contribution in [2.45, 2.75) is 45.6 Å². The standard InChI is InChI=1S/C15H21N3/c1-11(2)14-5-3-4-6-15(14)18-13-8-7-12(9-16)17-10-13/h7-8,10-11,14-15,18H,3-6H2,1-2H3. The van der Waals surface area contributed by atoms with E-state index in [-0.39, 0.29) is 0 Å². The molecule has 1 fully saturated rings. The zero-order chi connectivity index (χ0) is 13.0. The van der Waals surface area contributed by atoms with Crippen LogP contribution in [0.25, 0.3) is 0 Å². The summed E-state index contributed by atoms with van der Waals surface area (Å²) in [6.07, 6.45) is 6.99. The number of pyridine rings is 1. The van der Waals surface area contributed by atoms with Gasteiger partial charge in [0.15, 0.2) is 0 Å². The molecule has 1 aliphatic rings. The highest BCUT2D eigenvalue weighted by atomic mass is 14.9. The van der Waals surface area contributed by atoms with Crippen molar-refractivity contribution in [3.8, 4) is 6.07 Å². The average Bonchev–Trinajstić information content (AvgIpc) is 2.40. The zero-order valence-corrected chi connectivity index (χ0v) is 11.2. The van der Waals surface area contributed by atoms with Crippen molar-refractivity contribution in [1.29, 1.82) is 5.26 Å². The fourth-order valence-electron chi connectivity index (χ4n) is 2.90. The van der Waals surface area contributed by atoms with Gasteiger partial charge in [0, 0.05) is 6.04 Å². The third-order valence-corrected chi connectivity index (χ3v) is 3.91. The van der Waals surface area contributed by atoms with E-state index < -0.39 is 0 Å². The monoisotopic (exact) mass is 243 g/mol. The van der Waals surface area contributed by atoms with Crippen molar-refractivity contribution in [1.82, 2.24) is 4.98 Å². The first-order valence-electron chi connectivity index (χ1n) is 6.83. The molecule has 3 nitrogen and oxygen atoms in total. The summed E-state index contributed by atoms with van der Waals surface area (Å²) in [5.41, 5.74) is 1.51. The van der Waals surface area contributed by atoms with Crippen molar-refractivity contribution in [3.63, 3.8) is 0 Å². The van der Waals surface area contributed by atoms with Crippen LogP contribution in [0.15, 0.2) is 18.3 Å². The second kappa shape index (κ2) is 5.86. The predicted octanol–water partition coefficient (Wildman–Crippen LogP) is 3.58. The third-order valence-electron chi connectivity index (χ3n) is 3.91. The van der Waals surface area contributed by atoms with Crippen LogP contribution in [0.5, 0.6) is 0 Å². The number of hydrogen-bond donors (Lipinski definition) is 1. The molecule has 1 saturated carbocycles. The number of rotatable bonds is 3. The largest absolute Gasteiger partial charge is 0.381 e. The van der Waals surface area contributed by atoms with Gasteiger partial charge < -0.3 is 5.32 Å². The van der Waals surface area contributed by atoms with E-state index >= 15 is 0 Å². The number of hydrogen-bond acceptors (Lipinski definition) is 3. The van der Waals surface area contributed by atoms with E-state index in [0.29, 0.717) is 17.7 Å². The lowest BCUT2D eigenvalue weighted by Gasteiger charge is -2.35. The van der Waals surface area contributed by atoms with Gasteiger partial charge in [-0.05, 0) is 36.8 Å². The van der Waals surface area contributed by atoms with E-state index in [1.54, 1.807) is 12.3 Å². The SMILES string of the molecule is CC(C)C1CCCCC1Nc1ccc(C#N)nc1. The normalized spacial score (nSPS) is 23.7. The Labute approximate surface area is 109 Å². The summed E-state index contributed by atoms with van der Waals surface area (Å²) >= 11 is 0. The van der Waals surface area contributed by atoms with Gasteiger partial charge in [0.1, 0.15) is 11.8 Å². The molecule has 0 spiro atoms. The number of nitriles is 1. The molecule has 1 aromatic rings. The summed E-state index contributed by atoms with van der Waals surface area (Å²) in [4.78, 5) is 4.11. The molecule has 1 N–H and O–H groups in total. The fourth-order valence-corrected chi connectivity index (χ4v) is 2.90. The molecule has 18 heavy (non-hydrogen) atoms. The van der Waals surface area contributed by atoms with Gasteiger partial charge in [0.2, 0.25) is 0 Å². The maximum atomic E-state index is 8.73. The van der Waals surface area contributed by atoms with Crippen LogP contribution in [0.3, 0.4) is 0 Å². The van der Waals surface area contributed by atoms with Crippen molar-refractivity contribution < 1.29 is 0 Å². The van der Waals surface area contributed by atoms with Crippen molar-refractivity contribution in [3.05, 3.63) is 24.0 Å². The lowest BCUT2D eigenvalue weighted by atomic mass is 9.78. The minimum atomic E-state index is 0.476. The Hall–Kier alpha value is -1.56. The van der Waals surface area contributed by atoms with E-state index in [1.165, 1.54) is 25.7 Å². The number of nitrogens with one attached hydrogen (secondary N) is 1. The van der Waals surface area contributed by atoms with Gasteiger partial charge in [-0.2, -0.15) is 5.26 Å². The zero-order valence-electron chi connectivity index (χ0n) is 11.2. The van der Waals surface area contributed by atoms with Gasteiger partial charge in [-0.3, -0.25) is 0 Å². The molecule has 0 aliphatic heterocycles. The van der Waals surface area contributed by atoms with Crippen LogP contribution in [-0.4, -0.2) is 11.0 Å². The second-order valence-electron chi connectivity index (χ2n) is 5.49. The number of nitrogens with zero attached hydrogens (tertiary/aromatic N) is 2. The second-order valence-corrected chi connectivity index (χ2v) is 5.49. The van der Waals surface area contributed by atoms with Crippen molar-refractivity contribution in [2.75, 3.05) is 5.32 Å². The molecule has 0 aromatic carbocycles. The van der Waals surface area contributed by atoms with Crippen LogP contribution < -0.4 is 5.32 Å². The van der Waals surface area contributed by atoms with Crippen molar-refractivity contribution in [2.24, 2.45) is 11.8 Å². The van der Waals surface area contributed by atoms with Gasteiger partial charge in [0.05, 0.1) is 11.9 Å². The highest BCUT2D eigenvalue weighted by Gasteiger charge is 2.27. The fraction of sp³-hybridized carbons (Fsp3) is 0.600. The highest BCUT2D eigenvalue weighted by Crippen LogP contribution is 2.32. The quantitative estimate of drug-likeness (QED) is 0.882. The first kappa shape index (κ1) is 12.9. The summed E-state index contributed by atoms with van der Waals surface area (Å²) in [5.74, 6) is 1.46. The molecule has 0 radical (unpaired) electrons. The van der Waals surface area contributed by atoms with Crippen LogP contribution in [0, 0.1) is 23.2 Å².